The monoisotopic (exact) mass is 219 g/mol. The molecule has 16 heavy (non-hydrogen) atoms. The summed E-state index contributed by atoms with van der Waals surface area (Å²) in [5.74, 6) is 5.73. The Morgan fingerprint density at radius 1 is 1.44 bits per heavy atom. The molecule has 4 heteroatoms. The number of terminal acetylenes is 1. The highest BCUT2D eigenvalue weighted by molar-refractivity contribution is 5.89. The van der Waals surface area contributed by atoms with E-state index in [0.29, 0.717) is 6.42 Å². The van der Waals surface area contributed by atoms with Gasteiger partial charge >= 0.3 is 5.97 Å². The Morgan fingerprint density at radius 3 is 2.56 bits per heavy atom. The second-order valence-corrected chi connectivity index (χ2v) is 3.61. The van der Waals surface area contributed by atoms with Crippen LogP contribution in [-0.2, 0) is 9.59 Å². The molecule has 2 atom stereocenters. The second-order valence-electron chi connectivity index (χ2n) is 3.61. The predicted molar refractivity (Wildman–Crippen MR) is 58.1 cm³/mol. The first kappa shape index (κ1) is 12.1. The summed E-state index contributed by atoms with van der Waals surface area (Å²) >= 11 is 0. The maximum Gasteiger partial charge on any atom is 0.307 e. The van der Waals surface area contributed by atoms with Crippen molar-refractivity contribution in [1.82, 2.24) is 4.90 Å². The van der Waals surface area contributed by atoms with Gasteiger partial charge in [0.1, 0.15) is 0 Å². The first-order valence-electron chi connectivity index (χ1n) is 4.96. The highest BCUT2D eigenvalue weighted by atomic mass is 16.4. The summed E-state index contributed by atoms with van der Waals surface area (Å²) in [5, 5.41) is 8.72. The maximum absolute atomic E-state index is 11.8. The average Bonchev–Trinajstić information content (AvgIpc) is 3.03. The third-order valence-corrected chi connectivity index (χ3v) is 2.47. The van der Waals surface area contributed by atoms with Gasteiger partial charge in [-0.2, -0.15) is 0 Å². The van der Waals surface area contributed by atoms with E-state index in [4.69, 9.17) is 11.5 Å². The topological polar surface area (TPSA) is 57.6 Å². The Morgan fingerprint density at radius 2 is 2.12 bits per heavy atom. The van der Waals surface area contributed by atoms with Gasteiger partial charge in [0.15, 0.2) is 0 Å². The van der Waals surface area contributed by atoms with Crippen molar-refractivity contribution in [3.63, 3.8) is 0 Å². The molecule has 4 nitrogen and oxygen atoms in total. The molecule has 1 saturated carbocycles. The molecule has 1 fully saturated rings. The summed E-state index contributed by atoms with van der Waals surface area (Å²) in [4.78, 5) is 23.9. The summed E-state index contributed by atoms with van der Waals surface area (Å²) < 4.78 is 0. The molecule has 0 aromatic rings. The second kappa shape index (κ2) is 5.23. The van der Waals surface area contributed by atoms with Gasteiger partial charge in [0, 0.05) is 0 Å². The van der Waals surface area contributed by atoms with E-state index in [2.05, 4.69) is 17.8 Å². The largest absolute Gasteiger partial charge is 0.481 e. The zero-order chi connectivity index (χ0) is 12.1. The molecule has 0 saturated heterocycles. The van der Waals surface area contributed by atoms with Gasteiger partial charge in [0.25, 0.3) is 0 Å². The zero-order valence-electron chi connectivity index (χ0n) is 9.06. The number of amides is 1. The Balaban J connectivity index is 2.58. The number of hydrogen-bond acceptors (Lipinski definition) is 2. The first-order valence-corrected chi connectivity index (χ1v) is 4.96. The molecule has 2 unspecified atom stereocenters. The molecule has 0 aliphatic heterocycles. The molecule has 1 aliphatic carbocycles. The van der Waals surface area contributed by atoms with E-state index in [0.717, 1.165) is 0 Å². The minimum atomic E-state index is -0.916. The van der Waals surface area contributed by atoms with Crippen molar-refractivity contribution in [2.24, 2.45) is 11.8 Å². The van der Waals surface area contributed by atoms with Crippen molar-refractivity contribution in [3.05, 3.63) is 0 Å². The number of carboxylic acid groups (broad SMARTS) is 1. The lowest BCUT2D eigenvalue weighted by atomic mass is 10.2. The van der Waals surface area contributed by atoms with Crippen molar-refractivity contribution in [3.8, 4) is 24.2 Å². The van der Waals surface area contributed by atoms with Crippen LogP contribution in [0.25, 0.3) is 0 Å². The van der Waals surface area contributed by atoms with Crippen LogP contribution < -0.4 is 0 Å². The van der Waals surface area contributed by atoms with Crippen LogP contribution in [0, 0.1) is 36.0 Å². The molecule has 1 aliphatic rings. The van der Waals surface area contributed by atoms with Crippen molar-refractivity contribution in [2.45, 2.75) is 13.3 Å². The van der Waals surface area contributed by atoms with Crippen LogP contribution in [0.15, 0.2) is 0 Å². The van der Waals surface area contributed by atoms with E-state index in [1.807, 2.05) is 0 Å². The minimum absolute atomic E-state index is 0.177. The molecular weight excluding hydrogens is 206 g/mol. The summed E-state index contributed by atoms with van der Waals surface area (Å²) in [6.07, 6.45) is 5.56. The van der Waals surface area contributed by atoms with Crippen LogP contribution >= 0.6 is 0 Å². The summed E-state index contributed by atoms with van der Waals surface area (Å²) in [7, 11) is 0. The maximum atomic E-state index is 11.8. The summed E-state index contributed by atoms with van der Waals surface area (Å²) in [6.45, 7) is 2.12. The van der Waals surface area contributed by atoms with Gasteiger partial charge in [-0.25, -0.2) is 0 Å². The molecular formula is C12H13NO3. The molecule has 0 heterocycles. The van der Waals surface area contributed by atoms with Crippen molar-refractivity contribution in [1.29, 1.82) is 0 Å². The van der Waals surface area contributed by atoms with Gasteiger partial charge < -0.3 is 10.0 Å². The van der Waals surface area contributed by atoms with E-state index in [1.54, 1.807) is 6.92 Å². The molecule has 0 aromatic carbocycles. The van der Waals surface area contributed by atoms with Crippen LogP contribution in [0.2, 0.25) is 0 Å². The van der Waals surface area contributed by atoms with Gasteiger partial charge in [-0.15, -0.1) is 12.3 Å². The van der Waals surface area contributed by atoms with Gasteiger partial charge in [-0.3, -0.25) is 9.59 Å². The smallest absolute Gasteiger partial charge is 0.307 e. The predicted octanol–water partition coefficient (Wildman–Crippen LogP) is 0.192. The summed E-state index contributed by atoms with van der Waals surface area (Å²) in [5.41, 5.74) is 0. The van der Waals surface area contributed by atoms with E-state index in [-0.39, 0.29) is 19.0 Å². The highest BCUT2D eigenvalue weighted by Gasteiger charge is 2.49. The fraction of sp³-hybridized carbons (Fsp3) is 0.500. The number of hydrogen-bond donors (Lipinski definition) is 1. The van der Waals surface area contributed by atoms with Crippen molar-refractivity contribution >= 4 is 11.9 Å². The number of carboxylic acids is 1. The fourth-order valence-corrected chi connectivity index (χ4v) is 1.47. The van der Waals surface area contributed by atoms with Crippen molar-refractivity contribution < 1.29 is 14.7 Å². The van der Waals surface area contributed by atoms with Crippen LogP contribution in [0.4, 0.5) is 0 Å². The van der Waals surface area contributed by atoms with Gasteiger partial charge in [-0.1, -0.05) is 11.8 Å². The van der Waals surface area contributed by atoms with Gasteiger partial charge in [0.2, 0.25) is 5.91 Å². The highest BCUT2D eigenvalue weighted by Crippen LogP contribution is 2.39. The Hall–Kier alpha value is -1.94. The van der Waals surface area contributed by atoms with Gasteiger partial charge in [0.05, 0.1) is 24.9 Å². The van der Waals surface area contributed by atoms with Crippen LogP contribution in [0.5, 0.6) is 0 Å². The molecule has 0 radical (unpaired) electrons. The molecule has 0 spiro atoms. The molecule has 1 amide bonds. The Bertz CT molecular complexity index is 397. The molecule has 1 N–H and O–H groups in total. The standard InChI is InChI=1S/C12H13NO3/c1-3-5-7-13(6-4-2)11(14)9-8-10(9)12(15)16/h2,9-10H,6-8H2,1H3,(H,15,16). The van der Waals surface area contributed by atoms with Crippen LogP contribution in [0.3, 0.4) is 0 Å². The van der Waals surface area contributed by atoms with Crippen molar-refractivity contribution in [2.75, 3.05) is 13.1 Å². The average molecular weight is 219 g/mol. The lowest BCUT2D eigenvalue weighted by Gasteiger charge is -2.16. The number of carbonyl (C=O) groups excluding carboxylic acids is 1. The first-order chi connectivity index (χ1) is 7.61. The van der Waals surface area contributed by atoms with Crippen LogP contribution in [-0.4, -0.2) is 35.0 Å². The lowest BCUT2D eigenvalue weighted by molar-refractivity contribution is -0.141. The molecule has 1 rings (SSSR count). The number of nitrogens with zero attached hydrogens (tertiary/aromatic N) is 1. The van der Waals surface area contributed by atoms with E-state index in [9.17, 15) is 9.59 Å². The fourth-order valence-electron chi connectivity index (χ4n) is 1.47. The lowest BCUT2D eigenvalue weighted by Crippen LogP contribution is -2.33. The van der Waals surface area contributed by atoms with E-state index in [1.165, 1.54) is 4.90 Å². The number of rotatable bonds is 4. The normalized spacial score (nSPS) is 21.2. The Labute approximate surface area is 94.6 Å². The van der Waals surface area contributed by atoms with E-state index >= 15 is 0 Å². The summed E-state index contributed by atoms with van der Waals surface area (Å²) in [6, 6.07) is 0. The van der Waals surface area contributed by atoms with E-state index < -0.39 is 17.8 Å². The zero-order valence-corrected chi connectivity index (χ0v) is 9.06. The SMILES string of the molecule is C#CCN(CC#CC)C(=O)C1CC1C(=O)O. The number of aliphatic carboxylic acids is 1. The molecule has 0 bridgehead atoms. The third kappa shape index (κ3) is 2.77. The third-order valence-electron chi connectivity index (χ3n) is 2.47. The number of carbonyl (C=O) groups is 2. The Kier molecular flexibility index (Phi) is 3.96. The quantitative estimate of drug-likeness (QED) is 0.687. The molecule has 0 aromatic heterocycles. The molecule has 84 valence electrons. The van der Waals surface area contributed by atoms with Crippen LogP contribution in [0.1, 0.15) is 13.3 Å². The minimum Gasteiger partial charge on any atom is -0.481 e. The van der Waals surface area contributed by atoms with Gasteiger partial charge in [-0.05, 0) is 13.3 Å².